The third-order valence-corrected chi connectivity index (χ3v) is 9.97. The van der Waals surface area contributed by atoms with Crippen molar-refractivity contribution in [2.45, 2.75) is 24.5 Å². The van der Waals surface area contributed by atoms with Crippen LogP contribution >= 0.6 is 34.7 Å². The maximum absolute atomic E-state index is 14.8. The van der Waals surface area contributed by atoms with Crippen molar-refractivity contribution in [3.8, 4) is 0 Å². The second-order valence-electron chi connectivity index (χ2n) is 10.5. The van der Waals surface area contributed by atoms with Gasteiger partial charge in [0.1, 0.15) is 41.6 Å². The smallest absolute Gasteiger partial charge is 0.352 e. The first kappa shape index (κ1) is 32.0. The van der Waals surface area contributed by atoms with Crippen LogP contribution in [0.4, 0.5) is 9.52 Å². The van der Waals surface area contributed by atoms with E-state index in [-0.39, 0.29) is 57.3 Å². The number of amidine groups is 1. The van der Waals surface area contributed by atoms with Gasteiger partial charge in [0.05, 0.1) is 17.4 Å². The molecule has 4 aromatic rings. The number of oxime groups is 1. The quantitative estimate of drug-likeness (QED) is 0.0538. The molecule has 0 saturated carbocycles. The lowest BCUT2D eigenvalue weighted by Gasteiger charge is -2.49. The molecule has 0 bridgehead atoms. The van der Waals surface area contributed by atoms with E-state index < -0.39 is 35.0 Å². The first-order valence-electron chi connectivity index (χ1n) is 13.8. The van der Waals surface area contributed by atoms with Crippen LogP contribution in [0.3, 0.4) is 0 Å². The third kappa shape index (κ3) is 5.99. The number of carbonyl (C=O) groups is 3. The zero-order valence-corrected chi connectivity index (χ0v) is 26.8. The summed E-state index contributed by atoms with van der Waals surface area (Å²) in [5.74, 6) is -3.11. The molecule has 2 aliphatic rings. The van der Waals surface area contributed by atoms with Crippen molar-refractivity contribution in [1.82, 2.24) is 19.8 Å². The summed E-state index contributed by atoms with van der Waals surface area (Å²) in [4.78, 5) is 48.7. The van der Waals surface area contributed by atoms with Gasteiger partial charge >= 0.3 is 5.97 Å². The zero-order valence-electron chi connectivity index (χ0n) is 24.4. The van der Waals surface area contributed by atoms with Crippen molar-refractivity contribution in [3.05, 3.63) is 87.2 Å². The Hall–Kier alpha value is -5.00. The summed E-state index contributed by atoms with van der Waals surface area (Å²) in [6, 6.07) is 5.30. The Kier molecular flexibility index (Phi) is 8.61. The SMILES string of the molecule is CO/N=C(\C(=O)N[C@@H]1C(=O)N2C(C(=O)O)=C(C[n+]3ccc4c(ccn4Cc4c(F)cc(C(=N)N)cc4Cl)c3)CS[C@H]12)c1csc(N)n1. The molecule has 3 aromatic heterocycles. The number of carbonyl (C=O) groups excluding carboxylic acids is 2. The summed E-state index contributed by atoms with van der Waals surface area (Å²) < 4.78 is 18.5. The van der Waals surface area contributed by atoms with Gasteiger partial charge in [0.2, 0.25) is 0 Å². The first-order valence-corrected chi connectivity index (χ1v) is 16.1. The molecule has 1 aromatic carbocycles. The van der Waals surface area contributed by atoms with Crippen molar-refractivity contribution in [2.24, 2.45) is 10.9 Å². The number of nitrogen functional groups attached to an aromatic ring is 2. The number of nitrogens with one attached hydrogen (secondary N) is 2. The van der Waals surface area contributed by atoms with E-state index in [2.05, 4.69) is 15.5 Å². The third-order valence-electron chi connectivity index (χ3n) is 7.62. The number of halogens is 2. The van der Waals surface area contributed by atoms with E-state index in [1.54, 1.807) is 17.0 Å². The number of nitrogens with zero attached hydrogens (tertiary/aromatic N) is 5. The molecular weight excluding hydrogens is 673 g/mol. The highest BCUT2D eigenvalue weighted by Crippen LogP contribution is 2.40. The lowest BCUT2D eigenvalue weighted by Crippen LogP contribution is -2.71. The molecule has 1 saturated heterocycles. The van der Waals surface area contributed by atoms with E-state index >= 15 is 0 Å². The molecule has 1 fully saturated rings. The topological polar surface area (TPSA) is 206 Å². The van der Waals surface area contributed by atoms with E-state index in [4.69, 9.17) is 33.3 Å². The summed E-state index contributed by atoms with van der Waals surface area (Å²) in [7, 11) is 1.27. The normalized spacial score (nSPS) is 17.8. The number of benzene rings is 1. The van der Waals surface area contributed by atoms with Crippen LogP contribution in [-0.4, -0.2) is 73.2 Å². The maximum atomic E-state index is 14.8. The average molecular weight is 699 g/mol. The van der Waals surface area contributed by atoms with E-state index in [0.717, 1.165) is 22.2 Å². The van der Waals surface area contributed by atoms with Crippen LogP contribution in [0.25, 0.3) is 10.9 Å². The average Bonchev–Trinajstić information content (AvgIpc) is 3.65. The molecule has 47 heavy (non-hydrogen) atoms. The van der Waals surface area contributed by atoms with Gasteiger partial charge in [-0.2, -0.15) is 0 Å². The van der Waals surface area contributed by atoms with Crippen LogP contribution in [0.15, 0.2) is 64.7 Å². The summed E-state index contributed by atoms with van der Waals surface area (Å²) in [5.41, 5.74) is 12.8. The summed E-state index contributed by atoms with van der Waals surface area (Å²) in [5, 5.41) is 26.1. The molecule has 14 nitrogen and oxygen atoms in total. The highest BCUT2D eigenvalue weighted by atomic mass is 35.5. The van der Waals surface area contributed by atoms with Gasteiger partial charge in [-0.25, -0.2) is 18.7 Å². The van der Waals surface area contributed by atoms with E-state index in [9.17, 15) is 23.9 Å². The minimum absolute atomic E-state index is 0.133. The first-order chi connectivity index (χ1) is 22.5. The monoisotopic (exact) mass is 698 g/mol. The van der Waals surface area contributed by atoms with Crippen molar-refractivity contribution in [1.29, 1.82) is 5.41 Å². The van der Waals surface area contributed by atoms with Gasteiger partial charge in [-0.15, -0.1) is 23.1 Å². The number of carboxylic acids is 1. The molecule has 242 valence electrons. The molecule has 2 atom stereocenters. The molecule has 6 rings (SSSR count). The number of nitrogens with two attached hydrogens (primary N) is 2. The Labute approximate surface area is 278 Å². The van der Waals surface area contributed by atoms with Crippen LogP contribution in [0, 0.1) is 11.2 Å². The molecule has 2 aliphatic heterocycles. The number of amides is 2. The fraction of sp³-hybridized carbons (Fsp3) is 0.207. The molecule has 0 spiro atoms. The molecular formula is C29H26ClFN9O5S2+. The molecule has 18 heteroatoms. The summed E-state index contributed by atoms with van der Waals surface area (Å²) in [6.45, 7) is 0.320. The van der Waals surface area contributed by atoms with Gasteiger partial charge in [0.15, 0.2) is 29.8 Å². The number of fused-ring (bicyclic) bond motifs is 2. The van der Waals surface area contributed by atoms with Gasteiger partial charge in [-0.1, -0.05) is 16.8 Å². The maximum Gasteiger partial charge on any atom is 0.352 e. The van der Waals surface area contributed by atoms with Crippen LogP contribution in [-0.2, 0) is 32.3 Å². The second-order valence-corrected chi connectivity index (χ2v) is 12.9. The van der Waals surface area contributed by atoms with Crippen LogP contribution in [0.2, 0.25) is 5.02 Å². The van der Waals surface area contributed by atoms with Gasteiger partial charge in [-0.3, -0.25) is 19.9 Å². The highest BCUT2D eigenvalue weighted by Gasteiger charge is 2.54. The highest BCUT2D eigenvalue weighted by molar-refractivity contribution is 8.00. The van der Waals surface area contributed by atoms with Crippen molar-refractivity contribution in [2.75, 3.05) is 18.6 Å². The number of thiazole rings is 1. The fourth-order valence-corrected chi connectivity index (χ4v) is 7.58. The standard InChI is InChI=1S/C29H25ClFN9O5S2/c1-45-37-21(19-12-47-29(34)35-19)25(41)36-22-26(42)40-23(28(43)44)15(11-46-27(22)40)9-38-4-3-20-13(8-38)2-5-39(20)10-16-17(30)6-14(24(32)33)7-18(16)31/h2-8,12,22,27H,9-11H2,1H3,(H6-,32,33,34,35,36,41,43,44)/p+1/b37-21-/t22-,27-/m1/s1. The molecule has 5 heterocycles. The Morgan fingerprint density at radius 1 is 1.36 bits per heavy atom. The Bertz CT molecular complexity index is 2020. The fourth-order valence-electron chi connectivity index (χ4n) is 5.43. The van der Waals surface area contributed by atoms with Crippen molar-refractivity contribution < 1.29 is 33.3 Å². The Morgan fingerprint density at radius 3 is 2.81 bits per heavy atom. The van der Waals surface area contributed by atoms with Gasteiger partial charge in [0, 0.05) is 45.1 Å². The van der Waals surface area contributed by atoms with Gasteiger partial charge in [-0.05, 0) is 18.2 Å². The van der Waals surface area contributed by atoms with Gasteiger partial charge < -0.3 is 31.3 Å². The zero-order chi connectivity index (χ0) is 33.6. The second kappa shape index (κ2) is 12.7. The Morgan fingerprint density at radius 2 is 2.15 bits per heavy atom. The number of anilines is 1. The van der Waals surface area contributed by atoms with Crippen LogP contribution in [0.1, 0.15) is 16.8 Å². The van der Waals surface area contributed by atoms with Crippen molar-refractivity contribution in [3.63, 3.8) is 0 Å². The van der Waals surface area contributed by atoms with Gasteiger partial charge in [0.25, 0.3) is 11.8 Å². The van der Waals surface area contributed by atoms with E-state index in [1.807, 2.05) is 22.9 Å². The number of thioether (sulfide) groups is 1. The lowest BCUT2D eigenvalue weighted by molar-refractivity contribution is -0.687. The molecule has 2 amide bonds. The summed E-state index contributed by atoms with van der Waals surface area (Å²) in [6.07, 6.45) is 5.38. The van der Waals surface area contributed by atoms with E-state index in [0.29, 0.717) is 11.3 Å². The van der Waals surface area contributed by atoms with Crippen LogP contribution < -0.4 is 21.4 Å². The van der Waals surface area contributed by atoms with Crippen LogP contribution in [0.5, 0.6) is 0 Å². The van der Waals surface area contributed by atoms with Crippen molar-refractivity contribution >= 4 is 80.1 Å². The number of β-lactam (4-membered cyclic amide) rings is 1. The minimum atomic E-state index is -1.26. The number of carboxylic acid groups (broad SMARTS) is 1. The largest absolute Gasteiger partial charge is 0.477 e. The summed E-state index contributed by atoms with van der Waals surface area (Å²) >= 11 is 8.76. The number of rotatable bonds is 10. The molecule has 0 unspecified atom stereocenters. The van der Waals surface area contributed by atoms with E-state index in [1.165, 1.54) is 41.3 Å². The predicted molar refractivity (Wildman–Crippen MR) is 173 cm³/mol. The number of hydrogen-bond acceptors (Lipinski definition) is 10. The number of aromatic nitrogens is 3. The number of aliphatic carboxylic acids is 1. The molecule has 0 radical (unpaired) electrons. The Balaban J connectivity index is 1.19. The lowest BCUT2D eigenvalue weighted by atomic mass is 10.0. The number of hydrogen-bond donors (Lipinski definition) is 5. The number of pyridine rings is 1. The predicted octanol–water partition coefficient (Wildman–Crippen LogP) is 1.88. The minimum Gasteiger partial charge on any atom is -0.477 e. The molecule has 7 N–H and O–H groups in total. The molecule has 0 aliphatic carbocycles.